The fourth-order valence-electron chi connectivity index (χ4n) is 2.71. The Kier molecular flexibility index (Phi) is 6.76. The van der Waals surface area contributed by atoms with Gasteiger partial charge in [0.15, 0.2) is 0 Å². The summed E-state index contributed by atoms with van der Waals surface area (Å²) in [7, 11) is 0. The third-order valence-electron chi connectivity index (χ3n) is 3.69. The quantitative estimate of drug-likeness (QED) is 0.810. The number of benzene rings is 1. The van der Waals surface area contributed by atoms with Crippen molar-refractivity contribution in [2.75, 3.05) is 32.8 Å². The van der Waals surface area contributed by atoms with E-state index < -0.39 is 35.9 Å². The van der Waals surface area contributed by atoms with Crippen LogP contribution in [0.4, 0.5) is 22.0 Å². The number of hydrogen-bond donors (Lipinski definition) is 2. The first-order chi connectivity index (χ1) is 10.3. The van der Waals surface area contributed by atoms with Crippen molar-refractivity contribution < 1.29 is 27.1 Å². The van der Waals surface area contributed by atoms with Crippen molar-refractivity contribution in [3.63, 3.8) is 0 Å². The van der Waals surface area contributed by atoms with Crippen molar-refractivity contribution in [1.82, 2.24) is 10.2 Å². The summed E-state index contributed by atoms with van der Waals surface area (Å²) in [6, 6.07) is 2.50. The average molecular weight is 361 g/mol. The zero-order valence-electron chi connectivity index (χ0n) is 12.1. The van der Waals surface area contributed by atoms with Gasteiger partial charge in [-0.1, -0.05) is 18.2 Å². The predicted octanol–water partition coefficient (Wildman–Crippen LogP) is 2.70. The number of piperazine rings is 1. The zero-order valence-corrected chi connectivity index (χ0v) is 12.9. The van der Waals surface area contributed by atoms with E-state index >= 15 is 0 Å². The summed E-state index contributed by atoms with van der Waals surface area (Å²) < 4.78 is 67.7. The molecular weight excluding hydrogens is 343 g/mol. The van der Waals surface area contributed by atoms with Crippen LogP contribution in [0.2, 0.25) is 0 Å². The number of alkyl halides is 5. The molecule has 1 aliphatic rings. The van der Waals surface area contributed by atoms with Gasteiger partial charge in [0.2, 0.25) is 0 Å². The van der Waals surface area contributed by atoms with Crippen LogP contribution in [-0.2, 0) is 6.18 Å². The molecule has 1 aliphatic heterocycles. The highest BCUT2D eigenvalue weighted by Crippen LogP contribution is 2.42. The SMILES string of the molecule is Cl.OCC(F)(F)[C@H](c1ccccc1C(F)(F)F)N1CCNCC1. The van der Waals surface area contributed by atoms with Crippen molar-refractivity contribution in [2.24, 2.45) is 0 Å². The molecule has 0 bridgehead atoms. The molecular formula is C14H18ClF5N2O. The van der Waals surface area contributed by atoms with E-state index in [0.717, 1.165) is 18.2 Å². The molecule has 0 spiro atoms. The molecule has 1 heterocycles. The fourth-order valence-corrected chi connectivity index (χ4v) is 2.71. The number of nitrogens with one attached hydrogen (secondary N) is 1. The van der Waals surface area contributed by atoms with Crippen molar-refractivity contribution in [1.29, 1.82) is 0 Å². The van der Waals surface area contributed by atoms with E-state index in [1.54, 1.807) is 0 Å². The molecule has 0 aromatic heterocycles. The third kappa shape index (κ3) is 4.53. The molecule has 1 aromatic rings. The first kappa shape index (κ1) is 20.1. The molecule has 0 amide bonds. The Bertz CT molecular complexity index is 506. The van der Waals surface area contributed by atoms with Gasteiger partial charge >= 0.3 is 6.18 Å². The monoisotopic (exact) mass is 360 g/mol. The molecule has 0 saturated carbocycles. The lowest BCUT2D eigenvalue weighted by molar-refractivity contribution is -0.145. The van der Waals surface area contributed by atoms with Crippen LogP contribution in [0, 0.1) is 0 Å². The van der Waals surface area contributed by atoms with Crippen LogP contribution < -0.4 is 5.32 Å². The van der Waals surface area contributed by atoms with Crippen LogP contribution in [0.3, 0.4) is 0 Å². The van der Waals surface area contributed by atoms with Crippen LogP contribution >= 0.6 is 12.4 Å². The maximum Gasteiger partial charge on any atom is 0.416 e. The molecule has 23 heavy (non-hydrogen) atoms. The van der Waals surface area contributed by atoms with E-state index in [1.807, 2.05) is 0 Å². The van der Waals surface area contributed by atoms with Gasteiger partial charge in [0, 0.05) is 26.2 Å². The Morgan fingerprint density at radius 2 is 1.65 bits per heavy atom. The molecule has 2 rings (SSSR count). The van der Waals surface area contributed by atoms with E-state index in [2.05, 4.69) is 5.32 Å². The molecule has 1 saturated heterocycles. The summed E-state index contributed by atoms with van der Waals surface area (Å²) in [6.07, 6.45) is -4.73. The predicted molar refractivity (Wildman–Crippen MR) is 77.9 cm³/mol. The number of aliphatic hydroxyl groups excluding tert-OH is 1. The molecule has 1 atom stereocenters. The van der Waals surface area contributed by atoms with Gasteiger partial charge in [0.25, 0.3) is 5.92 Å². The fraction of sp³-hybridized carbons (Fsp3) is 0.571. The van der Waals surface area contributed by atoms with Crippen LogP contribution in [0.15, 0.2) is 24.3 Å². The van der Waals surface area contributed by atoms with Crippen LogP contribution in [0.1, 0.15) is 17.2 Å². The highest BCUT2D eigenvalue weighted by atomic mass is 35.5. The van der Waals surface area contributed by atoms with Gasteiger partial charge in [-0.25, -0.2) is 8.78 Å². The Balaban J connectivity index is 0.00000264. The first-order valence-corrected chi connectivity index (χ1v) is 6.87. The number of nitrogens with zero attached hydrogens (tertiary/aromatic N) is 1. The second kappa shape index (κ2) is 7.74. The highest BCUT2D eigenvalue weighted by Gasteiger charge is 2.47. The van der Waals surface area contributed by atoms with E-state index in [1.165, 1.54) is 11.0 Å². The largest absolute Gasteiger partial charge is 0.416 e. The van der Waals surface area contributed by atoms with Crippen molar-refractivity contribution in [2.45, 2.75) is 18.1 Å². The van der Waals surface area contributed by atoms with Gasteiger partial charge in [-0.15, -0.1) is 12.4 Å². The van der Waals surface area contributed by atoms with Gasteiger partial charge in [0.05, 0.1) is 5.56 Å². The molecule has 2 N–H and O–H groups in total. The summed E-state index contributed by atoms with van der Waals surface area (Å²) in [4.78, 5) is 1.29. The molecule has 3 nitrogen and oxygen atoms in total. The third-order valence-corrected chi connectivity index (χ3v) is 3.69. The Morgan fingerprint density at radius 1 is 1.09 bits per heavy atom. The number of aliphatic hydroxyl groups is 1. The van der Waals surface area contributed by atoms with Crippen molar-refractivity contribution in [3.05, 3.63) is 35.4 Å². The Morgan fingerprint density at radius 3 is 2.17 bits per heavy atom. The lowest BCUT2D eigenvalue weighted by Gasteiger charge is -2.39. The minimum absolute atomic E-state index is 0. The normalized spacial score (nSPS) is 18.3. The van der Waals surface area contributed by atoms with Crippen molar-refractivity contribution >= 4 is 12.4 Å². The zero-order chi connectivity index (χ0) is 16.4. The standard InChI is InChI=1S/C14H17F5N2O.ClH/c15-13(16,9-22)12(21-7-5-20-6-8-21)10-3-1-2-4-11(10)14(17,18)19;/h1-4,12,20,22H,5-9H2;1H/t12-;/m0./s1. The number of hydrogen-bond acceptors (Lipinski definition) is 3. The molecule has 0 radical (unpaired) electrons. The molecule has 9 heteroatoms. The minimum atomic E-state index is -4.73. The maximum atomic E-state index is 14.2. The van der Waals surface area contributed by atoms with Crippen LogP contribution in [0.25, 0.3) is 0 Å². The molecule has 132 valence electrons. The number of halogens is 6. The summed E-state index contributed by atoms with van der Waals surface area (Å²) in [5.74, 6) is -3.67. The van der Waals surface area contributed by atoms with Gasteiger partial charge in [-0.05, 0) is 11.6 Å². The minimum Gasteiger partial charge on any atom is -0.390 e. The highest BCUT2D eigenvalue weighted by molar-refractivity contribution is 5.85. The molecule has 1 fully saturated rings. The Labute approximate surface area is 136 Å². The Hall–Kier alpha value is -0.960. The lowest BCUT2D eigenvalue weighted by Crippen LogP contribution is -2.51. The van der Waals surface area contributed by atoms with E-state index in [4.69, 9.17) is 5.11 Å². The smallest absolute Gasteiger partial charge is 0.390 e. The van der Waals surface area contributed by atoms with Gasteiger partial charge in [0.1, 0.15) is 12.6 Å². The lowest BCUT2D eigenvalue weighted by atomic mass is 9.93. The average Bonchev–Trinajstić information content (AvgIpc) is 2.48. The van der Waals surface area contributed by atoms with E-state index in [9.17, 15) is 22.0 Å². The van der Waals surface area contributed by atoms with Crippen molar-refractivity contribution in [3.8, 4) is 0 Å². The molecule has 1 aromatic carbocycles. The number of rotatable bonds is 4. The van der Waals surface area contributed by atoms with Crippen LogP contribution in [0.5, 0.6) is 0 Å². The summed E-state index contributed by atoms with van der Waals surface area (Å²) in [6.45, 7) is -0.314. The summed E-state index contributed by atoms with van der Waals surface area (Å²) in [5.41, 5.74) is -1.59. The van der Waals surface area contributed by atoms with Gasteiger partial charge < -0.3 is 10.4 Å². The topological polar surface area (TPSA) is 35.5 Å². The van der Waals surface area contributed by atoms with Gasteiger partial charge in [-0.2, -0.15) is 13.2 Å². The van der Waals surface area contributed by atoms with E-state index in [0.29, 0.717) is 13.1 Å². The van der Waals surface area contributed by atoms with Crippen LogP contribution in [-0.4, -0.2) is 48.7 Å². The maximum absolute atomic E-state index is 14.2. The van der Waals surface area contributed by atoms with Gasteiger partial charge in [-0.3, -0.25) is 4.90 Å². The summed E-state index contributed by atoms with van der Waals surface area (Å²) >= 11 is 0. The summed E-state index contributed by atoms with van der Waals surface area (Å²) in [5, 5.41) is 11.9. The second-order valence-corrected chi connectivity index (χ2v) is 5.19. The van der Waals surface area contributed by atoms with E-state index in [-0.39, 0.29) is 25.5 Å². The molecule has 0 unspecified atom stereocenters. The first-order valence-electron chi connectivity index (χ1n) is 6.87. The second-order valence-electron chi connectivity index (χ2n) is 5.19. The molecule has 0 aliphatic carbocycles.